The molecule has 0 saturated carbocycles. The third-order valence-electron chi connectivity index (χ3n) is 3.65. The molecule has 1 aliphatic rings. The molecule has 0 N–H and O–H groups in total. The van der Waals surface area contributed by atoms with Gasteiger partial charge in [0.05, 0.1) is 13.2 Å². The Labute approximate surface area is 109 Å². The van der Waals surface area contributed by atoms with Gasteiger partial charge in [-0.05, 0) is 30.0 Å². The molecule has 1 aromatic carbocycles. The molecule has 0 spiro atoms. The smallest absolute Gasteiger partial charge is 0.165 e. The molecule has 98 valence electrons. The summed E-state index contributed by atoms with van der Waals surface area (Å²) in [6.45, 7) is 5.64. The summed E-state index contributed by atoms with van der Waals surface area (Å²) in [5, 5.41) is 0. The Morgan fingerprint density at radius 1 is 1.17 bits per heavy atom. The lowest BCUT2D eigenvalue weighted by atomic mass is 9.89. The number of benzene rings is 1. The van der Waals surface area contributed by atoms with Crippen LogP contribution in [-0.2, 0) is 18.0 Å². The Hall–Kier alpha value is -1.15. The Balaban J connectivity index is 2.16. The fraction of sp³-hybridized carbons (Fsp3) is 0.562. The van der Waals surface area contributed by atoms with Gasteiger partial charge in [0.2, 0.25) is 0 Å². The molecular weight excluding hydrogens is 224 g/mol. The molecule has 0 atom stereocenters. The molecular formula is C16H22O2. The molecule has 0 bridgehead atoms. The summed E-state index contributed by atoms with van der Waals surface area (Å²) in [4.78, 5) is 12.5. The maximum absolute atomic E-state index is 12.5. The molecule has 2 heteroatoms. The SMILES string of the molecule is CCCC(CCC)C(=O)c1ccc2c(c1)COC2. The van der Waals surface area contributed by atoms with Crippen molar-refractivity contribution in [2.45, 2.75) is 52.7 Å². The second-order valence-electron chi connectivity index (χ2n) is 5.11. The summed E-state index contributed by atoms with van der Waals surface area (Å²) in [6, 6.07) is 6.04. The average Bonchev–Trinajstić information content (AvgIpc) is 2.84. The van der Waals surface area contributed by atoms with Gasteiger partial charge in [0.15, 0.2) is 5.78 Å². The first-order valence-corrected chi connectivity index (χ1v) is 7.00. The minimum absolute atomic E-state index is 0.195. The van der Waals surface area contributed by atoms with E-state index in [9.17, 15) is 4.79 Å². The third kappa shape index (κ3) is 2.81. The van der Waals surface area contributed by atoms with Gasteiger partial charge in [-0.3, -0.25) is 4.79 Å². The minimum Gasteiger partial charge on any atom is -0.372 e. The zero-order valence-electron chi connectivity index (χ0n) is 11.4. The molecule has 2 nitrogen and oxygen atoms in total. The van der Waals surface area contributed by atoms with Crippen LogP contribution in [0.15, 0.2) is 18.2 Å². The highest BCUT2D eigenvalue weighted by molar-refractivity contribution is 5.98. The van der Waals surface area contributed by atoms with Crippen molar-refractivity contribution in [1.82, 2.24) is 0 Å². The van der Waals surface area contributed by atoms with Gasteiger partial charge in [0.1, 0.15) is 0 Å². The Morgan fingerprint density at radius 2 is 1.83 bits per heavy atom. The monoisotopic (exact) mass is 246 g/mol. The molecule has 0 unspecified atom stereocenters. The molecule has 0 radical (unpaired) electrons. The second kappa shape index (κ2) is 6.14. The number of fused-ring (bicyclic) bond motifs is 1. The standard InChI is InChI=1S/C16H22O2/c1-3-5-12(6-4-2)16(17)13-7-8-14-10-18-11-15(14)9-13/h7-9,12H,3-6,10-11H2,1-2H3. The number of carbonyl (C=O) groups excluding carboxylic acids is 1. The first-order chi connectivity index (χ1) is 8.76. The summed E-state index contributed by atoms with van der Waals surface area (Å²) < 4.78 is 5.39. The third-order valence-corrected chi connectivity index (χ3v) is 3.65. The van der Waals surface area contributed by atoms with Gasteiger partial charge in [-0.25, -0.2) is 0 Å². The van der Waals surface area contributed by atoms with Crippen LogP contribution in [0.1, 0.15) is 61.0 Å². The van der Waals surface area contributed by atoms with Crippen molar-refractivity contribution in [2.24, 2.45) is 5.92 Å². The predicted octanol–water partition coefficient (Wildman–Crippen LogP) is 4.12. The molecule has 0 saturated heterocycles. The lowest BCUT2D eigenvalue weighted by Gasteiger charge is -2.14. The van der Waals surface area contributed by atoms with Crippen molar-refractivity contribution in [3.63, 3.8) is 0 Å². The van der Waals surface area contributed by atoms with Crippen molar-refractivity contribution in [3.8, 4) is 0 Å². The van der Waals surface area contributed by atoms with E-state index in [1.54, 1.807) is 0 Å². The highest BCUT2D eigenvalue weighted by atomic mass is 16.5. The normalized spacial score (nSPS) is 13.9. The number of ether oxygens (including phenoxy) is 1. The van der Waals surface area contributed by atoms with E-state index in [0.717, 1.165) is 31.2 Å². The van der Waals surface area contributed by atoms with Gasteiger partial charge in [-0.2, -0.15) is 0 Å². The van der Waals surface area contributed by atoms with Crippen molar-refractivity contribution < 1.29 is 9.53 Å². The van der Waals surface area contributed by atoms with Gasteiger partial charge in [-0.1, -0.05) is 38.8 Å². The van der Waals surface area contributed by atoms with E-state index in [1.165, 1.54) is 11.1 Å². The summed E-state index contributed by atoms with van der Waals surface area (Å²) in [6.07, 6.45) is 4.15. The Morgan fingerprint density at radius 3 is 2.50 bits per heavy atom. The van der Waals surface area contributed by atoms with Crippen molar-refractivity contribution in [1.29, 1.82) is 0 Å². The molecule has 18 heavy (non-hydrogen) atoms. The maximum atomic E-state index is 12.5. The van der Waals surface area contributed by atoms with Gasteiger partial charge in [0.25, 0.3) is 0 Å². The summed E-state index contributed by atoms with van der Waals surface area (Å²) in [5.74, 6) is 0.508. The van der Waals surface area contributed by atoms with Crippen molar-refractivity contribution in [2.75, 3.05) is 0 Å². The van der Waals surface area contributed by atoms with Crippen LogP contribution in [-0.4, -0.2) is 5.78 Å². The highest BCUT2D eigenvalue weighted by Crippen LogP contribution is 2.24. The molecule has 0 amide bonds. The van der Waals surface area contributed by atoms with E-state index in [-0.39, 0.29) is 5.92 Å². The molecule has 2 rings (SSSR count). The Kier molecular flexibility index (Phi) is 4.54. The van der Waals surface area contributed by atoms with Crippen LogP contribution in [0.2, 0.25) is 0 Å². The maximum Gasteiger partial charge on any atom is 0.165 e. The first kappa shape index (κ1) is 13.3. The van der Waals surface area contributed by atoms with Crippen LogP contribution < -0.4 is 0 Å². The van der Waals surface area contributed by atoms with Crippen LogP contribution in [0.4, 0.5) is 0 Å². The molecule has 0 aliphatic carbocycles. The fourth-order valence-corrected chi connectivity index (χ4v) is 2.66. The first-order valence-electron chi connectivity index (χ1n) is 7.00. The number of rotatable bonds is 6. The van der Waals surface area contributed by atoms with Crippen LogP contribution in [0, 0.1) is 5.92 Å². The summed E-state index contributed by atoms with van der Waals surface area (Å²) >= 11 is 0. The molecule has 1 aliphatic heterocycles. The summed E-state index contributed by atoms with van der Waals surface area (Å²) in [7, 11) is 0. The van der Waals surface area contributed by atoms with E-state index in [0.29, 0.717) is 19.0 Å². The fourth-order valence-electron chi connectivity index (χ4n) is 2.66. The quantitative estimate of drug-likeness (QED) is 0.706. The minimum atomic E-state index is 0.195. The van der Waals surface area contributed by atoms with E-state index < -0.39 is 0 Å². The average molecular weight is 246 g/mol. The summed E-state index contributed by atoms with van der Waals surface area (Å²) in [5.41, 5.74) is 3.29. The Bertz CT molecular complexity index is 417. The molecule has 0 aromatic heterocycles. The van der Waals surface area contributed by atoms with Gasteiger partial charge in [0, 0.05) is 11.5 Å². The van der Waals surface area contributed by atoms with Gasteiger partial charge >= 0.3 is 0 Å². The van der Waals surface area contributed by atoms with E-state index in [1.807, 2.05) is 18.2 Å². The number of hydrogen-bond acceptors (Lipinski definition) is 2. The van der Waals surface area contributed by atoms with E-state index >= 15 is 0 Å². The van der Waals surface area contributed by atoms with Gasteiger partial charge < -0.3 is 4.74 Å². The molecule has 1 aromatic rings. The van der Waals surface area contributed by atoms with Crippen LogP contribution >= 0.6 is 0 Å². The lowest BCUT2D eigenvalue weighted by molar-refractivity contribution is 0.0904. The lowest BCUT2D eigenvalue weighted by Crippen LogP contribution is -2.15. The zero-order valence-corrected chi connectivity index (χ0v) is 11.4. The zero-order chi connectivity index (χ0) is 13.0. The number of hydrogen-bond donors (Lipinski definition) is 0. The second-order valence-corrected chi connectivity index (χ2v) is 5.11. The number of ketones is 1. The van der Waals surface area contributed by atoms with Crippen LogP contribution in [0.25, 0.3) is 0 Å². The van der Waals surface area contributed by atoms with Crippen LogP contribution in [0.5, 0.6) is 0 Å². The van der Waals surface area contributed by atoms with Crippen molar-refractivity contribution in [3.05, 3.63) is 34.9 Å². The highest BCUT2D eigenvalue weighted by Gasteiger charge is 2.20. The molecule has 0 fully saturated rings. The number of Topliss-reactive ketones (excluding diaryl/α,β-unsaturated/α-hetero) is 1. The van der Waals surface area contributed by atoms with Crippen LogP contribution in [0.3, 0.4) is 0 Å². The predicted molar refractivity (Wildman–Crippen MR) is 72.6 cm³/mol. The largest absolute Gasteiger partial charge is 0.372 e. The topological polar surface area (TPSA) is 26.3 Å². The van der Waals surface area contributed by atoms with E-state index in [4.69, 9.17) is 4.74 Å². The van der Waals surface area contributed by atoms with Gasteiger partial charge in [-0.15, -0.1) is 0 Å². The molecule has 1 heterocycles. The number of carbonyl (C=O) groups is 1. The van der Waals surface area contributed by atoms with E-state index in [2.05, 4.69) is 13.8 Å². The van der Waals surface area contributed by atoms with Crippen molar-refractivity contribution >= 4 is 5.78 Å².